The third-order valence-electron chi connectivity index (χ3n) is 3.65. The van der Waals surface area contributed by atoms with E-state index in [0.717, 1.165) is 16.3 Å². The average Bonchev–Trinajstić information content (AvgIpc) is 2.95. The molecule has 21 heavy (non-hydrogen) atoms. The molecule has 3 rings (SSSR count). The Labute approximate surface area is 123 Å². The molecule has 0 saturated carbocycles. The molecule has 108 valence electrons. The van der Waals surface area contributed by atoms with Crippen molar-refractivity contribution in [3.8, 4) is 11.4 Å². The maximum Gasteiger partial charge on any atom is 0.229 e. The lowest BCUT2D eigenvalue weighted by Gasteiger charge is -2.10. The van der Waals surface area contributed by atoms with E-state index in [-0.39, 0.29) is 5.92 Å². The van der Waals surface area contributed by atoms with Crippen LogP contribution in [0.5, 0.6) is 0 Å². The van der Waals surface area contributed by atoms with Gasteiger partial charge in [0.25, 0.3) is 0 Å². The minimum absolute atomic E-state index is 0.165. The van der Waals surface area contributed by atoms with Crippen LogP contribution < -0.4 is 0 Å². The first-order valence-corrected chi connectivity index (χ1v) is 7.14. The van der Waals surface area contributed by atoms with Crippen LogP contribution >= 0.6 is 0 Å². The van der Waals surface area contributed by atoms with Crippen LogP contribution in [-0.2, 0) is 6.42 Å². The Morgan fingerprint density at radius 1 is 1.10 bits per heavy atom. The molecule has 0 fully saturated rings. The summed E-state index contributed by atoms with van der Waals surface area (Å²) < 4.78 is 5.27. The number of fused-ring (bicyclic) bond motifs is 1. The van der Waals surface area contributed by atoms with Gasteiger partial charge >= 0.3 is 0 Å². The Morgan fingerprint density at radius 2 is 1.86 bits per heavy atom. The van der Waals surface area contributed by atoms with Gasteiger partial charge in [0.2, 0.25) is 11.7 Å². The van der Waals surface area contributed by atoms with Gasteiger partial charge in [-0.3, -0.25) is 0 Å². The maximum atomic E-state index is 9.90. The van der Waals surface area contributed by atoms with E-state index in [0.29, 0.717) is 18.1 Å². The predicted octanol–water partition coefficient (Wildman–Crippen LogP) is 3.45. The van der Waals surface area contributed by atoms with Crippen molar-refractivity contribution in [2.45, 2.75) is 26.4 Å². The van der Waals surface area contributed by atoms with Crippen LogP contribution in [0.15, 0.2) is 47.0 Å². The quantitative estimate of drug-likeness (QED) is 0.796. The lowest BCUT2D eigenvalue weighted by Crippen LogP contribution is -2.17. The highest BCUT2D eigenvalue weighted by molar-refractivity contribution is 5.94. The molecule has 0 aliphatic carbocycles. The van der Waals surface area contributed by atoms with E-state index in [1.165, 1.54) is 0 Å². The first-order valence-electron chi connectivity index (χ1n) is 7.14. The van der Waals surface area contributed by atoms with Crippen molar-refractivity contribution in [2.75, 3.05) is 0 Å². The Morgan fingerprint density at radius 3 is 2.67 bits per heavy atom. The number of hydrogen-bond donors (Lipinski definition) is 1. The zero-order valence-electron chi connectivity index (χ0n) is 12.2. The minimum Gasteiger partial charge on any atom is -0.392 e. The molecule has 2 aromatic carbocycles. The molecule has 0 spiro atoms. The summed E-state index contributed by atoms with van der Waals surface area (Å²) in [5.41, 5.74) is 0.946. The maximum absolute atomic E-state index is 9.90. The second-order valence-electron chi connectivity index (χ2n) is 5.55. The van der Waals surface area contributed by atoms with Crippen molar-refractivity contribution in [1.29, 1.82) is 0 Å². The van der Waals surface area contributed by atoms with Crippen LogP contribution in [0.2, 0.25) is 0 Å². The fraction of sp³-hybridized carbons (Fsp3) is 0.294. The fourth-order valence-electron chi connectivity index (χ4n) is 2.28. The first-order chi connectivity index (χ1) is 10.1. The van der Waals surface area contributed by atoms with Crippen LogP contribution in [0.25, 0.3) is 22.2 Å². The van der Waals surface area contributed by atoms with Gasteiger partial charge in [0.1, 0.15) is 0 Å². The number of aliphatic hydroxyl groups excluding tert-OH is 1. The molecular formula is C17H18N2O2. The van der Waals surface area contributed by atoms with E-state index >= 15 is 0 Å². The number of aliphatic hydroxyl groups is 1. The number of nitrogens with zero attached hydrogens (tertiary/aromatic N) is 2. The average molecular weight is 282 g/mol. The van der Waals surface area contributed by atoms with Gasteiger partial charge in [-0.25, -0.2) is 0 Å². The molecule has 1 N–H and O–H groups in total. The second-order valence-corrected chi connectivity index (χ2v) is 5.55. The van der Waals surface area contributed by atoms with Gasteiger partial charge in [0.05, 0.1) is 12.5 Å². The number of rotatable bonds is 4. The first kappa shape index (κ1) is 13.8. The molecule has 4 heteroatoms. The van der Waals surface area contributed by atoms with Gasteiger partial charge in [-0.05, 0) is 16.7 Å². The minimum atomic E-state index is -0.467. The van der Waals surface area contributed by atoms with Gasteiger partial charge in [0, 0.05) is 5.56 Å². The van der Waals surface area contributed by atoms with Crippen molar-refractivity contribution < 1.29 is 9.63 Å². The zero-order valence-corrected chi connectivity index (χ0v) is 12.2. The lowest BCUT2D eigenvalue weighted by molar-refractivity contribution is 0.116. The standard InChI is InChI=1S/C17H18N2O2/c1-11(2)15(20)10-16-18-17(19-21-16)14-9-5-7-12-6-3-4-8-13(12)14/h3-9,11,15,20H,10H2,1-2H3. The van der Waals surface area contributed by atoms with Gasteiger partial charge in [-0.1, -0.05) is 61.5 Å². The largest absolute Gasteiger partial charge is 0.392 e. The molecule has 3 aromatic rings. The molecule has 1 aromatic heterocycles. The van der Waals surface area contributed by atoms with E-state index in [2.05, 4.69) is 22.3 Å². The molecule has 0 aliphatic rings. The normalized spacial score (nSPS) is 13.0. The second kappa shape index (κ2) is 5.66. The fourth-order valence-corrected chi connectivity index (χ4v) is 2.28. The number of hydrogen-bond acceptors (Lipinski definition) is 4. The molecule has 4 nitrogen and oxygen atoms in total. The molecule has 0 amide bonds. The summed E-state index contributed by atoms with van der Waals surface area (Å²) in [6.07, 6.45) is -0.0825. The lowest BCUT2D eigenvalue weighted by atomic mass is 10.0. The third-order valence-corrected chi connectivity index (χ3v) is 3.65. The Bertz CT molecular complexity index is 744. The molecule has 0 aliphatic heterocycles. The van der Waals surface area contributed by atoms with Crippen LogP contribution in [0, 0.1) is 5.92 Å². The Kier molecular flexibility index (Phi) is 3.71. The summed E-state index contributed by atoms with van der Waals surface area (Å²) in [6.45, 7) is 3.93. The molecule has 1 heterocycles. The molecule has 0 saturated heterocycles. The van der Waals surface area contributed by atoms with Gasteiger partial charge in [0.15, 0.2) is 0 Å². The molecule has 1 atom stereocenters. The Balaban J connectivity index is 1.95. The van der Waals surface area contributed by atoms with E-state index in [4.69, 9.17) is 4.52 Å². The van der Waals surface area contributed by atoms with Gasteiger partial charge in [-0.15, -0.1) is 0 Å². The highest BCUT2D eigenvalue weighted by Gasteiger charge is 2.16. The highest BCUT2D eigenvalue weighted by atomic mass is 16.5. The van der Waals surface area contributed by atoms with E-state index in [9.17, 15) is 5.11 Å². The van der Waals surface area contributed by atoms with Crippen molar-refractivity contribution in [1.82, 2.24) is 10.1 Å². The molecule has 0 bridgehead atoms. The summed E-state index contributed by atoms with van der Waals surface area (Å²) in [7, 11) is 0. The summed E-state index contributed by atoms with van der Waals surface area (Å²) >= 11 is 0. The molecule has 0 radical (unpaired) electrons. The third kappa shape index (κ3) is 2.81. The van der Waals surface area contributed by atoms with Gasteiger partial charge in [-0.2, -0.15) is 4.98 Å². The van der Waals surface area contributed by atoms with E-state index < -0.39 is 6.10 Å². The zero-order chi connectivity index (χ0) is 14.8. The van der Waals surface area contributed by atoms with Gasteiger partial charge < -0.3 is 9.63 Å². The summed E-state index contributed by atoms with van der Waals surface area (Å²) in [4.78, 5) is 4.42. The van der Waals surface area contributed by atoms with Crippen LogP contribution in [0.3, 0.4) is 0 Å². The monoisotopic (exact) mass is 282 g/mol. The van der Waals surface area contributed by atoms with E-state index in [1.54, 1.807) is 0 Å². The van der Waals surface area contributed by atoms with Crippen LogP contribution in [0.1, 0.15) is 19.7 Å². The molecule has 1 unspecified atom stereocenters. The number of aromatic nitrogens is 2. The van der Waals surface area contributed by atoms with Crippen LogP contribution in [0.4, 0.5) is 0 Å². The SMILES string of the molecule is CC(C)C(O)Cc1nc(-c2cccc3ccccc23)no1. The molecular weight excluding hydrogens is 264 g/mol. The summed E-state index contributed by atoms with van der Waals surface area (Å²) in [5, 5.41) is 16.2. The topological polar surface area (TPSA) is 59.2 Å². The summed E-state index contributed by atoms with van der Waals surface area (Å²) in [5.74, 6) is 1.20. The number of benzene rings is 2. The van der Waals surface area contributed by atoms with Crippen molar-refractivity contribution >= 4 is 10.8 Å². The van der Waals surface area contributed by atoms with Crippen molar-refractivity contribution in [3.63, 3.8) is 0 Å². The smallest absolute Gasteiger partial charge is 0.229 e. The van der Waals surface area contributed by atoms with Crippen LogP contribution in [-0.4, -0.2) is 21.4 Å². The highest BCUT2D eigenvalue weighted by Crippen LogP contribution is 2.26. The predicted molar refractivity (Wildman–Crippen MR) is 81.8 cm³/mol. The van der Waals surface area contributed by atoms with E-state index in [1.807, 2.05) is 44.2 Å². The Hall–Kier alpha value is -2.20. The van der Waals surface area contributed by atoms with Crippen molar-refractivity contribution in [3.05, 3.63) is 48.4 Å². The summed E-state index contributed by atoms with van der Waals surface area (Å²) in [6, 6.07) is 14.1. The van der Waals surface area contributed by atoms with Crippen molar-refractivity contribution in [2.24, 2.45) is 5.92 Å².